The van der Waals surface area contributed by atoms with Crippen LogP contribution in [0.25, 0.3) is 11.1 Å². The summed E-state index contributed by atoms with van der Waals surface area (Å²) < 4.78 is 48.6. The lowest BCUT2D eigenvalue weighted by Crippen LogP contribution is -2.33. The molecule has 2 aromatic rings. The number of halogens is 3. The zero-order valence-corrected chi connectivity index (χ0v) is 17.2. The number of hydrogen-bond acceptors (Lipinski definition) is 1. The van der Waals surface area contributed by atoms with Crippen molar-refractivity contribution < 1.29 is 17.9 Å². The minimum absolute atomic E-state index is 0.0426. The lowest BCUT2D eigenvalue weighted by atomic mass is 9.75. The Hall–Kier alpha value is -1.81. The van der Waals surface area contributed by atoms with Gasteiger partial charge in [-0.3, -0.25) is 0 Å². The first-order chi connectivity index (χ1) is 13.9. The molecule has 4 rings (SSSR count). The molecule has 0 aromatic heterocycles. The van der Waals surface area contributed by atoms with Crippen molar-refractivity contribution in [2.45, 2.75) is 64.4 Å². The van der Waals surface area contributed by atoms with E-state index in [-0.39, 0.29) is 16.7 Å². The molecule has 0 radical (unpaired) electrons. The second-order valence-electron chi connectivity index (χ2n) is 8.97. The Morgan fingerprint density at radius 1 is 0.828 bits per heavy atom. The maximum Gasteiger partial charge on any atom is 0.131 e. The third-order valence-electron chi connectivity index (χ3n) is 6.89. The van der Waals surface area contributed by atoms with E-state index >= 15 is 0 Å². The van der Waals surface area contributed by atoms with Crippen LogP contribution in [-0.2, 0) is 4.74 Å². The number of hydrogen-bond donors (Lipinski definition) is 0. The maximum atomic E-state index is 14.8. The normalized spacial score (nSPS) is 27.8. The first-order valence-corrected chi connectivity index (χ1v) is 10.8. The fourth-order valence-corrected chi connectivity index (χ4v) is 4.92. The Labute approximate surface area is 171 Å². The van der Waals surface area contributed by atoms with Crippen LogP contribution in [-0.4, -0.2) is 12.7 Å². The molecule has 1 heterocycles. The van der Waals surface area contributed by atoms with E-state index < -0.39 is 17.5 Å². The molecule has 0 bridgehead atoms. The number of rotatable bonds is 3. The van der Waals surface area contributed by atoms with Crippen molar-refractivity contribution in [3.05, 3.63) is 58.9 Å². The third-order valence-corrected chi connectivity index (χ3v) is 6.89. The molecule has 0 spiro atoms. The van der Waals surface area contributed by atoms with Gasteiger partial charge in [-0.2, -0.15) is 0 Å². The molecule has 1 aliphatic heterocycles. The van der Waals surface area contributed by atoms with Gasteiger partial charge in [-0.15, -0.1) is 0 Å². The Morgan fingerprint density at radius 2 is 1.52 bits per heavy atom. The monoisotopic (exact) mass is 402 g/mol. The molecule has 1 aliphatic carbocycles. The standard InChI is InChI=1S/C25H29F3O/c1-15-3-10-25(29-14-15)18-6-4-17(5-7-18)19-8-9-21(24(28)11-19)20-12-22(26)16(2)23(27)13-20/h8-9,11-13,15,17-18,25H,3-7,10,14H2,1-2H3. The molecule has 2 unspecified atom stereocenters. The fraction of sp³-hybridized carbons (Fsp3) is 0.520. The van der Waals surface area contributed by atoms with Crippen LogP contribution in [0.2, 0.25) is 0 Å². The minimum Gasteiger partial charge on any atom is -0.378 e. The van der Waals surface area contributed by atoms with Gasteiger partial charge in [0.15, 0.2) is 0 Å². The predicted octanol–water partition coefficient (Wildman–Crippen LogP) is 7.17. The second-order valence-corrected chi connectivity index (χ2v) is 8.97. The highest BCUT2D eigenvalue weighted by Gasteiger charge is 2.31. The summed E-state index contributed by atoms with van der Waals surface area (Å²) in [6, 6.07) is 7.53. The maximum absolute atomic E-state index is 14.8. The van der Waals surface area contributed by atoms with Gasteiger partial charge < -0.3 is 4.74 Å². The highest BCUT2D eigenvalue weighted by molar-refractivity contribution is 5.65. The lowest BCUT2D eigenvalue weighted by molar-refractivity contribution is -0.0523. The van der Waals surface area contributed by atoms with Crippen molar-refractivity contribution in [1.29, 1.82) is 0 Å². The van der Waals surface area contributed by atoms with E-state index in [1.54, 1.807) is 12.1 Å². The van der Waals surface area contributed by atoms with Gasteiger partial charge in [0.2, 0.25) is 0 Å². The van der Waals surface area contributed by atoms with Crippen LogP contribution < -0.4 is 0 Å². The van der Waals surface area contributed by atoms with Gasteiger partial charge in [0.1, 0.15) is 17.5 Å². The van der Waals surface area contributed by atoms with Crippen molar-refractivity contribution in [3.63, 3.8) is 0 Å². The summed E-state index contributed by atoms with van der Waals surface area (Å²) in [5, 5.41) is 0. The van der Waals surface area contributed by atoms with Gasteiger partial charge >= 0.3 is 0 Å². The Kier molecular flexibility index (Phi) is 6.00. The molecule has 0 amide bonds. The summed E-state index contributed by atoms with van der Waals surface area (Å²) in [5.41, 5.74) is 1.42. The van der Waals surface area contributed by atoms with E-state index in [9.17, 15) is 13.2 Å². The van der Waals surface area contributed by atoms with Crippen LogP contribution in [0.15, 0.2) is 30.3 Å². The van der Waals surface area contributed by atoms with Gasteiger partial charge in [0.25, 0.3) is 0 Å². The molecule has 1 saturated heterocycles. The topological polar surface area (TPSA) is 9.23 Å². The molecule has 1 saturated carbocycles. The summed E-state index contributed by atoms with van der Waals surface area (Å²) in [4.78, 5) is 0. The first kappa shape index (κ1) is 20.5. The summed E-state index contributed by atoms with van der Waals surface area (Å²) in [6.07, 6.45) is 7.08. The van der Waals surface area contributed by atoms with Gasteiger partial charge in [0, 0.05) is 17.7 Å². The van der Waals surface area contributed by atoms with Crippen molar-refractivity contribution >= 4 is 0 Å². The smallest absolute Gasteiger partial charge is 0.131 e. The fourth-order valence-electron chi connectivity index (χ4n) is 4.92. The molecule has 0 N–H and O–H groups in total. The summed E-state index contributed by atoms with van der Waals surface area (Å²) in [7, 11) is 0. The van der Waals surface area contributed by atoms with Crippen LogP contribution >= 0.6 is 0 Å². The third kappa shape index (κ3) is 4.37. The summed E-state index contributed by atoms with van der Waals surface area (Å²) in [6.45, 7) is 4.49. The minimum atomic E-state index is -0.652. The molecule has 156 valence electrons. The zero-order valence-electron chi connectivity index (χ0n) is 17.2. The van der Waals surface area contributed by atoms with E-state index in [1.165, 1.54) is 25.5 Å². The van der Waals surface area contributed by atoms with Crippen LogP contribution in [0.4, 0.5) is 13.2 Å². The highest BCUT2D eigenvalue weighted by Crippen LogP contribution is 2.41. The average Bonchev–Trinajstić information content (AvgIpc) is 2.72. The van der Waals surface area contributed by atoms with Crippen molar-refractivity contribution in [2.75, 3.05) is 6.61 Å². The summed E-state index contributed by atoms with van der Waals surface area (Å²) in [5.74, 6) is -0.108. The molecule has 2 aliphatic rings. The van der Waals surface area contributed by atoms with E-state index in [1.807, 2.05) is 6.07 Å². The second kappa shape index (κ2) is 8.51. The Morgan fingerprint density at radius 3 is 2.10 bits per heavy atom. The molecule has 2 aromatic carbocycles. The lowest BCUT2D eigenvalue weighted by Gasteiger charge is -2.37. The molecule has 2 fully saturated rings. The summed E-state index contributed by atoms with van der Waals surface area (Å²) >= 11 is 0. The van der Waals surface area contributed by atoms with Gasteiger partial charge in [-0.1, -0.05) is 19.1 Å². The first-order valence-electron chi connectivity index (χ1n) is 10.8. The predicted molar refractivity (Wildman–Crippen MR) is 109 cm³/mol. The van der Waals surface area contributed by atoms with Gasteiger partial charge in [-0.25, -0.2) is 13.2 Å². The molecule has 29 heavy (non-hydrogen) atoms. The molecular formula is C25H29F3O. The SMILES string of the molecule is Cc1c(F)cc(-c2ccc(C3CCC(C4CCC(C)CO4)CC3)cc2F)cc1F. The van der Waals surface area contributed by atoms with Crippen molar-refractivity contribution in [1.82, 2.24) is 0 Å². The number of ether oxygens (including phenoxy) is 1. The zero-order chi connectivity index (χ0) is 20.5. The van der Waals surface area contributed by atoms with Crippen LogP contribution in [0.3, 0.4) is 0 Å². The Bertz CT molecular complexity index is 839. The molecule has 4 heteroatoms. The largest absolute Gasteiger partial charge is 0.378 e. The van der Waals surface area contributed by atoms with Crippen LogP contribution in [0, 0.1) is 36.2 Å². The van der Waals surface area contributed by atoms with Gasteiger partial charge in [-0.05, 0) is 92.5 Å². The van der Waals surface area contributed by atoms with Crippen LogP contribution in [0.5, 0.6) is 0 Å². The highest BCUT2D eigenvalue weighted by atomic mass is 19.1. The van der Waals surface area contributed by atoms with Crippen molar-refractivity contribution in [3.8, 4) is 11.1 Å². The van der Waals surface area contributed by atoms with Crippen LogP contribution in [0.1, 0.15) is 62.5 Å². The van der Waals surface area contributed by atoms with Gasteiger partial charge in [0.05, 0.1) is 6.10 Å². The average molecular weight is 403 g/mol. The molecule has 2 atom stereocenters. The number of benzene rings is 2. The molecular weight excluding hydrogens is 373 g/mol. The molecule has 1 nitrogen and oxygen atoms in total. The van der Waals surface area contributed by atoms with E-state index in [2.05, 4.69) is 6.92 Å². The Balaban J connectivity index is 1.44. The quantitative estimate of drug-likeness (QED) is 0.529. The van der Waals surface area contributed by atoms with E-state index in [0.717, 1.165) is 44.3 Å². The van der Waals surface area contributed by atoms with E-state index in [0.29, 0.717) is 23.9 Å². The van der Waals surface area contributed by atoms with Crippen molar-refractivity contribution in [2.24, 2.45) is 11.8 Å². The van der Waals surface area contributed by atoms with E-state index in [4.69, 9.17) is 4.74 Å².